The predicted octanol–water partition coefficient (Wildman–Crippen LogP) is 1.26. The van der Waals surface area contributed by atoms with Crippen molar-refractivity contribution >= 4 is 34.5 Å². The molecule has 1 aromatic rings. The number of aromatic nitrogens is 1. The van der Waals surface area contributed by atoms with Crippen molar-refractivity contribution < 1.29 is 9.59 Å². The fourth-order valence-corrected chi connectivity index (χ4v) is 4.51. The van der Waals surface area contributed by atoms with Gasteiger partial charge in [0.25, 0.3) is 0 Å². The first-order valence-corrected chi connectivity index (χ1v) is 7.48. The highest BCUT2D eigenvalue weighted by Crippen LogP contribution is 2.51. The summed E-state index contributed by atoms with van der Waals surface area (Å²) < 4.78 is 0. The molecule has 2 aliphatic rings. The Hall–Kier alpha value is -1.53. The average Bonchev–Trinajstić information content (AvgIpc) is 2.98. The summed E-state index contributed by atoms with van der Waals surface area (Å²) in [5, 5.41) is -0.705. The Morgan fingerprint density at radius 1 is 1.55 bits per heavy atom. The molecule has 0 aromatic carbocycles. The molecule has 3 heterocycles. The third kappa shape index (κ3) is 1.75. The van der Waals surface area contributed by atoms with Gasteiger partial charge in [-0.2, -0.15) is 0 Å². The third-order valence-corrected chi connectivity index (χ3v) is 5.43. The average molecular weight is 310 g/mol. The van der Waals surface area contributed by atoms with Crippen molar-refractivity contribution in [3.63, 3.8) is 0 Å². The fraction of sp³-hybridized carbons (Fsp3) is 0.308. The number of nitrogens with two attached hydrogens (primary N) is 1. The molecule has 5 nitrogen and oxygen atoms in total. The van der Waals surface area contributed by atoms with Crippen molar-refractivity contribution in [3.05, 3.63) is 42.4 Å². The smallest absolute Gasteiger partial charge is 0.243 e. The van der Waals surface area contributed by atoms with Crippen LogP contribution >= 0.6 is 23.4 Å². The molecule has 0 bridgehead atoms. The van der Waals surface area contributed by atoms with Gasteiger partial charge in [0.1, 0.15) is 5.37 Å². The number of carbonyl (C=O) groups is 2. The second kappa shape index (κ2) is 4.79. The number of rotatable bonds is 3. The van der Waals surface area contributed by atoms with E-state index in [4.69, 9.17) is 17.3 Å². The van der Waals surface area contributed by atoms with E-state index in [1.807, 2.05) is 17.0 Å². The van der Waals surface area contributed by atoms with Crippen molar-refractivity contribution in [2.45, 2.75) is 11.4 Å². The molecule has 2 N–H and O–H groups in total. The van der Waals surface area contributed by atoms with Gasteiger partial charge in [-0.05, 0) is 29.9 Å². The lowest BCUT2D eigenvalue weighted by molar-refractivity contribution is -0.134. The number of hydrogen-bond donors (Lipinski definition) is 1. The molecule has 2 aliphatic heterocycles. The first kappa shape index (κ1) is 13.5. The van der Waals surface area contributed by atoms with Crippen LogP contribution in [0.5, 0.6) is 0 Å². The summed E-state index contributed by atoms with van der Waals surface area (Å²) in [5.74, 6) is -0.0952. The number of amides is 1. The Morgan fingerprint density at radius 2 is 2.35 bits per heavy atom. The molecular weight excluding hydrogens is 298 g/mol. The van der Waals surface area contributed by atoms with Gasteiger partial charge in [0.15, 0.2) is 5.41 Å². The van der Waals surface area contributed by atoms with Crippen LogP contribution in [0.1, 0.15) is 10.9 Å². The lowest BCUT2D eigenvalue weighted by Crippen LogP contribution is -2.51. The Bertz CT molecular complexity index is 579. The molecule has 3 rings (SSSR count). The number of carbonyl (C=O) groups excluding carboxylic acids is 2. The van der Waals surface area contributed by atoms with Gasteiger partial charge < -0.3 is 10.6 Å². The fourth-order valence-electron chi connectivity index (χ4n) is 2.71. The largest absolute Gasteiger partial charge is 0.368 e. The molecule has 7 heteroatoms. The minimum absolute atomic E-state index is 0.0159. The molecule has 0 radical (unpaired) electrons. The number of halogens is 1. The number of fused-ring (bicyclic) bond motifs is 1. The number of primary amides is 1. The molecule has 20 heavy (non-hydrogen) atoms. The maximum Gasteiger partial charge on any atom is 0.243 e. The van der Waals surface area contributed by atoms with E-state index in [0.717, 1.165) is 5.56 Å². The van der Waals surface area contributed by atoms with E-state index in [9.17, 15) is 9.59 Å². The van der Waals surface area contributed by atoms with Gasteiger partial charge in [0.2, 0.25) is 11.1 Å². The van der Waals surface area contributed by atoms with E-state index >= 15 is 0 Å². The molecule has 3 atom stereocenters. The zero-order chi connectivity index (χ0) is 14.3. The van der Waals surface area contributed by atoms with Crippen LogP contribution in [0.15, 0.2) is 36.8 Å². The minimum atomic E-state index is -1.43. The van der Waals surface area contributed by atoms with E-state index in [-0.39, 0.29) is 11.4 Å². The Balaban J connectivity index is 1.96. The Morgan fingerprint density at radius 3 is 2.95 bits per heavy atom. The third-order valence-electron chi connectivity index (χ3n) is 3.78. The molecule has 1 saturated heterocycles. The molecule has 1 aromatic heterocycles. The number of pyridine rings is 1. The number of nitrogens with zero attached hydrogens (tertiary/aromatic N) is 2. The van der Waals surface area contributed by atoms with Crippen LogP contribution in [0.3, 0.4) is 0 Å². The van der Waals surface area contributed by atoms with Crippen LogP contribution < -0.4 is 5.73 Å². The van der Waals surface area contributed by atoms with Gasteiger partial charge in [-0.25, -0.2) is 0 Å². The molecule has 3 unspecified atom stereocenters. The highest BCUT2D eigenvalue weighted by Gasteiger charge is 2.57. The van der Waals surface area contributed by atoms with Crippen LogP contribution in [-0.2, 0) is 9.59 Å². The molecule has 0 spiro atoms. The Kier molecular flexibility index (Phi) is 3.22. The number of thioether (sulfide) groups is 1. The molecule has 0 saturated carbocycles. The van der Waals surface area contributed by atoms with Crippen molar-refractivity contribution in [2.24, 2.45) is 11.1 Å². The summed E-state index contributed by atoms with van der Waals surface area (Å²) in [7, 11) is 0. The molecule has 104 valence electrons. The minimum Gasteiger partial charge on any atom is -0.368 e. The van der Waals surface area contributed by atoms with Gasteiger partial charge in [-0.3, -0.25) is 14.6 Å². The molecule has 1 amide bonds. The molecule has 1 fully saturated rings. The maximum atomic E-state index is 11.8. The zero-order valence-electron chi connectivity index (χ0n) is 10.4. The van der Waals surface area contributed by atoms with E-state index in [1.165, 1.54) is 6.08 Å². The summed E-state index contributed by atoms with van der Waals surface area (Å²) in [6.07, 6.45) is 6.75. The van der Waals surface area contributed by atoms with Gasteiger partial charge in [0.05, 0.1) is 6.04 Å². The van der Waals surface area contributed by atoms with E-state index in [0.29, 0.717) is 5.75 Å². The van der Waals surface area contributed by atoms with Crippen LogP contribution in [0.4, 0.5) is 0 Å². The van der Waals surface area contributed by atoms with Crippen LogP contribution in [0.25, 0.3) is 0 Å². The van der Waals surface area contributed by atoms with Crippen LogP contribution in [0, 0.1) is 5.41 Å². The van der Waals surface area contributed by atoms with Crippen molar-refractivity contribution in [3.8, 4) is 0 Å². The summed E-state index contributed by atoms with van der Waals surface area (Å²) in [6, 6.07) is 3.49. The SMILES string of the molecule is NC(=O)C1(C(=O)Cl)C=CN2C(c3cccnc3)SCC21. The topological polar surface area (TPSA) is 76.3 Å². The van der Waals surface area contributed by atoms with Crippen molar-refractivity contribution in [1.29, 1.82) is 0 Å². The highest BCUT2D eigenvalue weighted by atomic mass is 35.5. The van der Waals surface area contributed by atoms with Crippen molar-refractivity contribution in [1.82, 2.24) is 9.88 Å². The van der Waals surface area contributed by atoms with Crippen molar-refractivity contribution in [2.75, 3.05) is 5.75 Å². The maximum absolute atomic E-state index is 11.8. The number of hydrogen-bond acceptors (Lipinski definition) is 5. The molecular formula is C13H12ClN3O2S. The highest BCUT2D eigenvalue weighted by molar-refractivity contribution is 7.99. The first-order chi connectivity index (χ1) is 9.57. The standard InChI is InChI=1S/C13H12ClN3O2S/c14-11(18)13(12(15)19)3-5-17-9(13)7-20-10(17)8-2-1-4-16-6-8/h1-6,9-10H,7H2,(H2,15,19). The summed E-state index contributed by atoms with van der Waals surface area (Å²) >= 11 is 7.30. The predicted molar refractivity (Wildman–Crippen MR) is 76.7 cm³/mol. The van der Waals surface area contributed by atoms with Crippen LogP contribution in [0.2, 0.25) is 0 Å². The summed E-state index contributed by atoms with van der Waals surface area (Å²) in [4.78, 5) is 29.6. The first-order valence-electron chi connectivity index (χ1n) is 6.05. The normalized spacial score (nSPS) is 31.4. The summed E-state index contributed by atoms with van der Waals surface area (Å²) in [6.45, 7) is 0. The van der Waals surface area contributed by atoms with E-state index in [1.54, 1.807) is 30.4 Å². The van der Waals surface area contributed by atoms with Gasteiger partial charge in [0, 0.05) is 23.7 Å². The summed E-state index contributed by atoms with van der Waals surface area (Å²) in [5.41, 5.74) is 5.03. The van der Waals surface area contributed by atoms with Crippen LogP contribution in [-0.4, -0.2) is 32.8 Å². The Labute approximate surface area is 125 Å². The van der Waals surface area contributed by atoms with Gasteiger partial charge in [-0.15, -0.1) is 11.8 Å². The second-order valence-corrected chi connectivity index (χ2v) is 6.21. The van der Waals surface area contributed by atoms with Gasteiger partial charge >= 0.3 is 0 Å². The zero-order valence-corrected chi connectivity index (χ0v) is 12.0. The lowest BCUT2D eigenvalue weighted by Gasteiger charge is -2.30. The quantitative estimate of drug-likeness (QED) is 0.672. The molecule has 0 aliphatic carbocycles. The second-order valence-electron chi connectivity index (χ2n) is 4.76. The lowest BCUT2D eigenvalue weighted by atomic mass is 9.83. The van der Waals surface area contributed by atoms with E-state index in [2.05, 4.69) is 4.98 Å². The monoisotopic (exact) mass is 309 g/mol. The van der Waals surface area contributed by atoms with Gasteiger partial charge in [-0.1, -0.05) is 6.07 Å². The van der Waals surface area contributed by atoms with E-state index < -0.39 is 16.6 Å².